The highest BCUT2D eigenvalue weighted by molar-refractivity contribution is 5.98. The molecule has 0 aliphatic heterocycles. The van der Waals surface area contributed by atoms with Gasteiger partial charge in [0.05, 0.1) is 0 Å². The Hall–Kier alpha value is -1.65. The zero-order valence-corrected chi connectivity index (χ0v) is 12.6. The molecule has 0 heterocycles. The van der Waals surface area contributed by atoms with Crippen LogP contribution in [-0.4, -0.2) is 28.9 Å². The molecule has 0 aliphatic rings. The predicted molar refractivity (Wildman–Crippen MR) is 73.2 cm³/mol. The summed E-state index contributed by atoms with van der Waals surface area (Å²) < 4.78 is 0. The van der Waals surface area contributed by atoms with Crippen molar-refractivity contribution in [1.29, 1.82) is 0 Å². The Morgan fingerprint density at radius 2 is 0.950 bits per heavy atom. The number of hydrogen-bond acceptors (Lipinski definition) is 5. The quantitative estimate of drug-likeness (QED) is 0.610. The van der Waals surface area contributed by atoms with Crippen molar-refractivity contribution in [2.24, 2.45) is 5.41 Å². The van der Waals surface area contributed by atoms with Gasteiger partial charge in [-0.25, -0.2) is 0 Å². The minimum Gasteiger partial charge on any atom is -0.300 e. The highest BCUT2D eigenvalue weighted by atomic mass is 16.2. The van der Waals surface area contributed by atoms with E-state index in [9.17, 15) is 24.0 Å². The van der Waals surface area contributed by atoms with E-state index in [1.165, 1.54) is 27.7 Å². The fourth-order valence-electron chi connectivity index (χ4n) is 2.47. The molecule has 0 fully saturated rings. The molecule has 5 nitrogen and oxygen atoms in total. The first-order valence-corrected chi connectivity index (χ1v) is 6.60. The van der Waals surface area contributed by atoms with Gasteiger partial charge in [0.1, 0.15) is 28.9 Å². The zero-order chi connectivity index (χ0) is 15.9. The summed E-state index contributed by atoms with van der Waals surface area (Å²) in [6.45, 7) is 5.35. The normalized spacial score (nSPS) is 11.0. The Bertz CT molecular complexity index is 393. The van der Waals surface area contributed by atoms with Gasteiger partial charge in [0, 0.05) is 37.5 Å². The molecule has 0 atom stereocenters. The summed E-state index contributed by atoms with van der Waals surface area (Å²) in [4.78, 5) is 57.6. The molecule has 20 heavy (non-hydrogen) atoms. The number of hydrogen-bond donors (Lipinski definition) is 0. The third-order valence-electron chi connectivity index (χ3n) is 3.06. The number of Topliss-reactive ketones (excluding diaryl/α,β-unsaturated/α-hetero) is 5. The Kier molecular flexibility index (Phi) is 7.18. The highest BCUT2D eigenvalue weighted by Crippen LogP contribution is 2.35. The van der Waals surface area contributed by atoms with Crippen molar-refractivity contribution in [1.82, 2.24) is 0 Å². The maximum Gasteiger partial charge on any atom is 0.140 e. The van der Waals surface area contributed by atoms with Crippen molar-refractivity contribution in [3.05, 3.63) is 0 Å². The average Bonchev–Trinajstić information content (AvgIpc) is 2.22. The van der Waals surface area contributed by atoms with Gasteiger partial charge < -0.3 is 4.79 Å². The smallest absolute Gasteiger partial charge is 0.140 e. The fraction of sp³-hybridized carbons (Fsp3) is 0.667. The van der Waals surface area contributed by atoms with Crippen LogP contribution in [-0.2, 0) is 24.0 Å². The number of carbonyl (C=O) groups excluding carboxylic acids is 5. The van der Waals surface area contributed by atoms with E-state index in [1.54, 1.807) is 0 Å². The van der Waals surface area contributed by atoms with Crippen LogP contribution in [0.1, 0.15) is 59.8 Å². The summed E-state index contributed by atoms with van der Waals surface area (Å²) in [6.07, 6.45) is -0.383. The number of rotatable bonds is 10. The van der Waals surface area contributed by atoms with Crippen LogP contribution in [0.25, 0.3) is 0 Å². The third-order valence-corrected chi connectivity index (χ3v) is 3.06. The molecule has 0 aromatic heterocycles. The van der Waals surface area contributed by atoms with E-state index in [0.29, 0.717) is 0 Å². The zero-order valence-electron chi connectivity index (χ0n) is 12.6. The van der Waals surface area contributed by atoms with Gasteiger partial charge in [0.15, 0.2) is 0 Å². The molecule has 0 unspecified atom stereocenters. The van der Waals surface area contributed by atoms with Crippen molar-refractivity contribution in [3.63, 3.8) is 0 Å². The highest BCUT2D eigenvalue weighted by Gasteiger charge is 2.40. The molecule has 0 rings (SSSR count). The minimum absolute atomic E-state index is 0.0385. The Morgan fingerprint density at radius 3 is 1.20 bits per heavy atom. The van der Waals surface area contributed by atoms with Gasteiger partial charge in [-0.1, -0.05) is 0 Å². The fourth-order valence-corrected chi connectivity index (χ4v) is 2.47. The van der Waals surface area contributed by atoms with E-state index in [4.69, 9.17) is 0 Å². The van der Waals surface area contributed by atoms with E-state index < -0.39 is 5.41 Å². The second-order valence-electron chi connectivity index (χ2n) is 5.54. The first-order chi connectivity index (χ1) is 9.09. The lowest BCUT2D eigenvalue weighted by Gasteiger charge is -2.29. The number of carbonyl (C=O) groups is 5. The topological polar surface area (TPSA) is 85.3 Å². The predicted octanol–water partition coefficient (Wildman–Crippen LogP) is 1.85. The molecule has 0 aromatic rings. The van der Waals surface area contributed by atoms with Crippen molar-refractivity contribution in [2.45, 2.75) is 59.8 Å². The molecule has 0 amide bonds. The van der Waals surface area contributed by atoms with E-state index in [0.717, 1.165) is 0 Å². The van der Waals surface area contributed by atoms with Gasteiger partial charge >= 0.3 is 0 Å². The van der Waals surface area contributed by atoms with Crippen LogP contribution in [0.15, 0.2) is 0 Å². The summed E-state index contributed by atoms with van der Waals surface area (Å²) in [6, 6.07) is 0. The lowest BCUT2D eigenvalue weighted by atomic mass is 9.70. The van der Waals surface area contributed by atoms with E-state index in [-0.39, 0.29) is 61.0 Å². The van der Waals surface area contributed by atoms with E-state index in [2.05, 4.69) is 0 Å². The van der Waals surface area contributed by atoms with Crippen LogP contribution < -0.4 is 0 Å². The average molecular weight is 282 g/mol. The number of ketones is 5. The van der Waals surface area contributed by atoms with Crippen LogP contribution in [0.2, 0.25) is 0 Å². The van der Waals surface area contributed by atoms with Crippen LogP contribution in [0, 0.1) is 5.41 Å². The first kappa shape index (κ1) is 18.4. The molecule has 0 bridgehead atoms. The Balaban J connectivity index is 5.38. The van der Waals surface area contributed by atoms with E-state index in [1.807, 2.05) is 0 Å². The largest absolute Gasteiger partial charge is 0.300 e. The molecule has 0 N–H and O–H groups in total. The second-order valence-corrected chi connectivity index (χ2v) is 5.54. The van der Waals surface area contributed by atoms with Gasteiger partial charge in [0.25, 0.3) is 0 Å². The summed E-state index contributed by atoms with van der Waals surface area (Å²) in [5.74, 6) is -1.23. The summed E-state index contributed by atoms with van der Waals surface area (Å²) in [5, 5.41) is 0. The van der Waals surface area contributed by atoms with Crippen molar-refractivity contribution >= 4 is 28.9 Å². The van der Waals surface area contributed by atoms with Gasteiger partial charge in [-0.3, -0.25) is 19.2 Å². The van der Waals surface area contributed by atoms with Gasteiger partial charge in [-0.15, -0.1) is 0 Å². The van der Waals surface area contributed by atoms with E-state index >= 15 is 0 Å². The summed E-state index contributed by atoms with van der Waals surface area (Å²) in [7, 11) is 0. The standard InChI is InChI=1S/C15H22O5/c1-10(16)5-6-14(20)15(7-11(2)17,8-12(3)18)9-13(4)19/h5-9H2,1-4H3. The van der Waals surface area contributed by atoms with Crippen molar-refractivity contribution < 1.29 is 24.0 Å². The Labute approximate surface area is 119 Å². The lowest BCUT2D eigenvalue weighted by molar-refractivity contribution is -0.140. The van der Waals surface area contributed by atoms with Crippen LogP contribution >= 0.6 is 0 Å². The SMILES string of the molecule is CC(=O)CCC(=O)C(CC(C)=O)(CC(C)=O)CC(C)=O. The Morgan fingerprint density at radius 1 is 0.600 bits per heavy atom. The van der Waals surface area contributed by atoms with Crippen LogP contribution in [0.4, 0.5) is 0 Å². The summed E-state index contributed by atoms with van der Waals surface area (Å²) >= 11 is 0. The van der Waals surface area contributed by atoms with Gasteiger partial charge in [0.2, 0.25) is 0 Å². The van der Waals surface area contributed by atoms with Crippen LogP contribution in [0.5, 0.6) is 0 Å². The molecular weight excluding hydrogens is 260 g/mol. The summed E-state index contributed by atoms with van der Waals surface area (Å²) in [5.41, 5.74) is -1.28. The molecule has 0 radical (unpaired) electrons. The third kappa shape index (κ3) is 6.50. The van der Waals surface area contributed by atoms with Gasteiger partial charge in [-0.2, -0.15) is 0 Å². The lowest BCUT2D eigenvalue weighted by Crippen LogP contribution is -2.37. The maximum absolute atomic E-state index is 12.4. The van der Waals surface area contributed by atoms with Crippen LogP contribution in [0.3, 0.4) is 0 Å². The molecule has 112 valence electrons. The monoisotopic (exact) mass is 282 g/mol. The molecule has 0 aliphatic carbocycles. The molecule has 0 aromatic carbocycles. The molecular formula is C15H22O5. The molecule has 0 saturated heterocycles. The molecule has 5 heteroatoms. The first-order valence-electron chi connectivity index (χ1n) is 6.60. The molecule has 0 spiro atoms. The van der Waals surface area contributed by atoms with Gasteiger partial charge in [-0.05, 0) is 27.7 Å². The maximum atomic E-state index is 12.4. The van der Waals surface area contributed by atoms with Crippen molar-refractivity contribution in [3.8, 4) is 0 Å². The van der Waals surface area contributed by atoms with Crippen molar-refractivity contribution in [2.75, 3.05) is 0 Å². The minimum atomic E-state index is -1.28. The second kappa shape index (κ2) is 7.82. The molecule has 0 saturated carbocycles.